The lowest BCUT2D eigenvalue weighted by atomic mass is 10.0. The van der Waals surface area contributed by atoms with Crippen molar-refractivity contribution in [3.8, 4) is 0 Å². The van der Waals surface area contributed by atoms with Crippen molar-refractivity contribution in [1.29, 1.82) is 0 Å². The molecule has 0 radical (unpaired) electrons. The summed E-state index contributed by atoms with van der Waals surface area (Å²) < 4.78 is 1.09. The van der Waals surface area contributed by atoms with Crippen LogP contribution in [0.25, 0.3) is 0 Å². The Hall–Kier alpha value is 0.130. The van der Waals surface area contributed by atoms with Crippen LogP contribution in [0.2, 0.25) is 0 Å². The molecular formula is C14H22BrCl2N3. The van der Waals surface area contributed by atoms with Crippen LogP contribution < -0.4 is 5.32 Å². The summed E-state index contributed by atoms with van der Waals surface area (Å²) in [4.78, 5) is 6.96. The lowest BCUT2D eigenvalue weighted by Gasteiger charge is -2.35. The van der Waals surface area contributed by atoms with E-state index in [1.165, 1.54) is 24.8 Å². The molecule has 0 unspecified atom stereocenters. The second kappa shape index (κ2) is 8.54. The van der Waals surface area contributed by atoms with Gasteiger partial charge in [0.05, 0.1) is 0 Å². The van der Waals surface area contributed by atoms with E-state index in [-0.39, 0.29) is 24.8 Å². The molecule has 1 aliphatic carbocycles. The van der Waals surface area contributed by atoms with Crippen LogP contribution in [0.5, 0.6) is 0 Å². The van der Waals surface area contributed by atoms with E-state index in [4.69, 9.17) is 0 Å². The van der Waals surface area contributed by atoms with Crippen molar-refractivity contribution < 1.29 is 0 Å². The third-order valence-corrected chi connectivity index (χ3v) is 4.39. The monoisotopic (exact) mass is 381 g/mol. The molecule has 20 heavy (non-hydrogen) atoms. The smallest absolute Gasteiger partial charge is 0.0410 e. The summed E-state index contributed by atoms with van der Waals surface area (Å²) in [5.41, 5.74) is 1.37. The number of nitrogens with zero attached hydrogens (tertiary/aromatic N) is 2. The van der Waals surface area contributed by atoms with Crippen molar-refractivity contribution in [3.05, 3.63) is 28.5 Å². The summed E-state index contributed by atoms with van der Waals surface area (Å²) in [6, 6.07) is 2.80. The molecule has 0 spiro atoms. The lowest BCUT2D eigenvalue weighted by molar-refractivity contribution is 0.160. The fourth-order valence-electron chi connectivity index (χ4n) is 2.77. The van der Waals surface area contributed by atoms with Gasteiger partial charge in [-0.2, -0.15) is 0 Å². The standard InChI is InChI=1S/C14H20BrN3.2ClH/c15-13-8-12(9-17-10-13)14(7-11-1-2-11)18-5-3-16-4-6-18;;/h8-11,14,16H,1-7H2;2*1H/t14-;;/m1../s1. The molecule has 1 N–H and O–H groups in total. The van der Waals surface area contributed by atoms with E-state index < -0.39 is 0 Å². The van der Waals surface area contributed by atoms with Crippen LogP contribution in [0.3, 0.4) is 0 Å². The molecule has 0 aromatic carbocycles. The van der Waals surface area contributed by atoms with Gasteiger partial charge in [0.1, 0.15) is 0 Å². The van der Waals surface area contributed by atoms with Crippen molar-refractivity contribution in [2.75, 3.05) is 26.2 Å². The maximum absolute atomic E-state index is 4.34. The summed E-state index contributed by atoms with van der Waals surface area (Å²) in [7, 11) is 0. The fourth-order valence-corrected chi connectivity index (χ4v) is 3.15. The van der Waals surface area contributed by atoms with Crippen LogP contribution in [0.1, 0.15) is 30.9 Å². The molecule has 3 nitrogen and oxygen atoms in total. The Bertz CT molecular complexity index is 409. The summed E-state index contributed by atoms with van der Waals surface area (Å²) in [5, 5.41) is 3.43. The number of rotatable bonds is 4. The molecule has 1 aromatic rings. The van der Waals surface area contributed by atoms with Crippen LogP contribution in [-0.2, 0) is 0 Å². The number of piperazine rings is 1. The van der Waals surface area contributed by atoms with Crippen molar-refractivity contribution in [2.24, 2.45) is 5.92 Å². The topological polar surface area (TPSA) is 28.2 Å². The first-order chi connectivity index (χ1) is 8.83. The minimum atomic E-state index is 0. The maximum atomic E-state index is 4.34. The number of nitrogens with one attached hydrogen (secondary N) is 1. The first-order valence-electron chi connectivity index (χ1n) is 6.88. The van der Waals surface area contributed by atoms with Crippen molar-refractivity contribution in [1.82, 2.24) is 15.2 Å². The molecule has 2 aliphatic rings. The molecule has 1 aliphatic heterocycles. The van der Waals surface area contributed by atoms with Crippen molar-refractivity contribution in [2.45, 2.75) is 25.3 Å². The Kier molecular flexibility index (Phi) is 7.77. The van der Waals surface area contributed by atoms with Gasteiger partial charge in [-0.1, -0.05) is 12.8 Å². The van der Waals surface area contributed by atoms with E-state index in [2.05, 4.69) is 37.2 Å². The molecule has 114 valence electrons. The van der Waals surface area contributed by atoms with Crippen LogP contribution in [-0.4, -0.2) is 36.1 Å². The molecule has 1 saturated heterocycles. The van der Waals surface area contributed by atoms with Gasteiger partial charge in [-0.3, -0.25) is 9.88 Å². The third-order valence-electron chi connectivity index (χ3n) is 3.96. The van der Waals surface area contributed by atoms with Crippen LogP contribution >= 0.6 is 40.7 Å². The van der Waals surface area contributed by atoms with Crippen LogP contribution in [0.15, 0.2) is 22.9 Å². The number of aromatic nitrogens is 1. The van der Waals surface area contributed by atoms with E-state index in [9.17, 15) is 0 Å². The van der Waals surface area contributed by atoms with Crippen LogP contribution in [0.4, 0.5) is 0 Å². The average Bonchev–Trinajstić information content (AvgIpc) is 3.21. The first kappa shape index (κ1) is 18.2. The highest BCUT2D eigenvalue weighted by Crippen LogP contribution is 2.40. The molecule has 2 fully saturated rings. The molecule has 0 bridgehead atoms. The maximum Gasteiger partial charge on any atom is 0.0410 e. The van der Waals surface area contributed by atoms with E-state index >= 15 is 0 Å². The van der Waals surface area contributed by atoms with E-state index in [1.54, 1.807) is 0 Å². The average molecular weight is 383 g/mol. The molecule has 0 amide bonds. The van der Waals surface area contributed by atoms with Crippen molar-refractivity contribution >= 4 is 40.7 Å². The van der Waals surface area contributed by atoms with Gasteiger partial charge in [0.15, 0.2) is 0 Å². The second-order valence-electron chi connectivity index (χ2n) is 5.42. The molecule has 3 rings (SSSR count). The highest BCUT2D eigenvalue weighted by Gasteiger charge is 2.30. The van der Waals surface area contributed by atoms with Crippen LogP contribution in [0, 0.1) is 5.92 Å². The zero-order valence-electron chi connectivity index (χ0n) is 11.4. The van der Waals surface area contributed by atoms with E-state index in [1.807, 2.05) is 12.4 Å². The predicted molar refractivity (Wildman–Crippen MR) is 91.0 cm³/mol. The number of hydrogen-bond acceptors (Lipinski definition) is 3. The van der Waals surface area contributed by atoms with Gasteiger partial charge >= 0.3 is 0 Å². The van der Waals surface area contributed by atoms with Gasteiger partial charge in [-0.05, 0) is 39.9 Å². The van der Waals surface area contributed by atoms with E-state index in [0.717, 1.165) is 36.6 Å². The Morgan fingerprint density at radius 3 is 2.55 bits per heavy atom. The minimum Gasteiger partial charge on any atom is -0.314 e. The van der Waals surface area contributed by atoms with Gasteiger partial charge in [-0.15, -0.1) is 24.8 Å². The molecule has 2 heterocycles. The molecule has 1 saturated carbocycles. The molecular weight excluding hydrogens is 361 g/mol. The number of hydrogen-bond donors (Lipinski definition) is 1. The second-order valence-corrected chi connectivity index (χ2v) is 6.33. The van der Waals surface area contributed by atoms with Gasteiger partial charge in [0.2, 0.25) is 0 Å². The summed E-state index contributed by atoms with van der Waals surface area (Å²) in [5.74, 6) is 0.948. The molecule has 1 atom stereocenters. The number of halogens is 3. The Balaban J connectivity index is 0.000001000. The SMILES string of the molecule is Brc1cncc([C@@H](CC2CC2)N2CCNCC2)c1.Cl.Cl. The fraction of sp³-hybridized carbons (Fsp3) is 0.643. The lowest BCUT2D eigenvalue weighted by Crippen LogP contribution is -2.45. The van der Waals surface area contributed by atoms with Gasteiger partial charge in [0, 0.05) is 49.1 Å². The molecule has 6 heteroatoms. The first-order valence-corrected chi connectivity index (χ1v) is 7.67. The van der Waals surface area contributed by atoms with Crippen molar-refractivity contribution in [3.63, 3.8) is 0 Å². The third kappa shape index (κ3) is 4.85. The molecule has 1 aromatic heterocycles. The van der Waals surface area contributed by atoms with Gasteiger partial charge in [0.25, 0.3) is 0 Å². The number of pyridine rings is 1. The largest absolute Gasteiger partial charge is 0.314 e. The normalized spacial score (nSPS) is 20.6. The quantitative estimate of drug-likeness (QED) is 0.864. The summed E-state index contributed by atoms with van der Waals surface area (Å²) in [6.45, 7) is 4.54. The Morgan fingerprint density at radius 2 is 1.95 bits per heavy atom. The summed E-state index contributed by atoms with van der Waals surface area (Å²) in [6.07, 6.45) is 8.06. The Morgan fingerprint density at radius 1 is 1.25 bits per heavy atom. The Labute approximate surface area is 141 Å². The minimum absolute atomic E-state index is 0. The zero-order chi connectivity index (χ0) is 12.4. The van der Waals surface area contributed by atoms with E-state index in [0.29, 0.717) is 6.04 Å². The van der Waals surface area contributed by atoms with Gasteiger partial charge in [-0.25, -0.2) is 0 Å². The predicted octanol–water partition coefficient (Wildman–Crippen LogP) is 3.43. The zero-order valence-corrected chi connectivity index (χ0v) is 14.6. The summed E-state index contributed by atoms with van der Waals surface area (Å²) >= 11 is 3.54. The van der Waals surface area contributed by atoms with Gasteiger partial charge < -0.3 is 5.32 Å². The highest BCUT2D eigenvalue weighted by molar-refractivity contribution is 9.10. The highest BCUT2D eigenvalue weighted by atomic mass is 79.9.